The Kier molecular flexibility index (Phi) is 10.7. The van der Waals surface area contributed by atoms with Crippen LogP contribution in [0.1, 0.15) is 28.3 Å². The van der Waals surface area contributed by atoms with Crippen molar-refractivity contribution < 1.29 is 14.3 Å². The van der Waals surface area contributed by atoms with Crippen LogP contribution in [0, 0.1) is 6.92 Å². The van der Waals surface area contributed by atoms with Crippen molar-refractivity contribution in [3.8, 4) is 5.75 Å². The van der Waals surface area contributed by atoms with E-state index < -0.39 is 0 Å². The van der Waals surface area contributed by atoms with Crippen LogP contribution in [0.3, 0.4) is 0 Å². The summed E-state index contributed by atoms with van der Waals surface area (Å²) >= 11 is 1.81. The maximum absolute atomic E-state index is 12.4. The molecule has 1 atom stereocenters. The van der Waals surface area contributed by atoms with E-state index in [1.165, 1.54) is 11.1 Å². The lowest BCUT2D eigenvalue weighted by atomic mass is 10.1. The number of ether oxygens (including phenoxy) is 1. The highest BCUT2D eigenvalue weighted by Crippen LogP contribution is 2.23. The number of amides is 2. The third-order valence-electron chi connectivity index (χ3n) is 5.48. The number of thioether (sulfide) groups is 1. The van der Waals surface area contributed by atoms with Crippen molar-refractivity contribution in [2.24, 2.45) is 0 Å². The topological polar surface area (TPSA) is 79.5 Å². The van der Waals surface area contributed by atoms with Gasteiger partial charge in [0.05, 0.1) is 20.2 Å². The number of hydrogen-bond acceptors (Lipinski definition) is 5. The minimum Gasteiger partial charge on any atom is -0.497 e. The Bertz CT molecular complexity index is 1060. The Morgan fingerprint density at radius 2 is 1.51 bits per heavy atom. The number of aryl methyl sites for hydroxylation is 1. The van der Waals surface area contributed by atoms with Crippen molar-refractivity contribution in [1.29, 1.82) is 0 Å². The van der Waals surface area contributed by atoms with Gasteiger partial charge in [-0.1, -0.05) is 72.3 Å². The molecule has 2 amide bonds. The van der Waals surface area contributed by atoms with Gasteiger partial charge in [-0.05, 0) is 35.7 Å². The van der Waals surface area contributed by atoms with Crippen molar-refractivity contribution in [3.05, 3.63) is 101 Å². The fraction of sp³-hybridized carbons (Fsp3) is 0.286. The molecule has 0 aliphatic heterocycles. The molecule has 0 heterocycles. The first kappa shape index (κ1) is 26.3. The van der Waals surface area contributed by atoms with Crippen LogP contribution in [-0.4, -0.2) is 37.8 Å². The molecule has 184 valence electrons. The van der Waals surface area contributed by atoms with Crippen LogP contribution in [0.15, 0.2) is 78.9 Å². The molecular weight excluding hydrogens is 458 g/mol. The molecular formula is C28H33N3O3S. The van der Waals surface area contributed by atoms with E-state index >= 15 is 0 Å². The molecule has 0 saturated carbocycles. The normalized spacial score (nSPS) is 11.5. The fourth-order valence-electron chi connectivity index (χ4n) is 3.40. The minimum atomic E-state index is -0.220. The van der Waals surface area contributed by atoms with E-state index in [1.807, 2.05) is 66.4 Å². The van der Waals surface area contributed by atoms with Gasteiger partial charge >= 0.3 is 0 Å². The summed E-state index contributed by atoms with van der Waals surface area (Å²) in [5.41, 5.74) is 4.61. The van der Waals surface area contributed by atoms with Crippen LogP contribution in [0.25, 0.3) is 0 Å². The van der Waals surface area contributed by atoms with Crippen LogP contribution in [0.4, 0.5) is 0 Å². The second-order valence-electron chi connectivity index (χ2n) is 8.25. The predicted molar refractivity (Wildman–Crippen MR) is 142 cm³/mol. The number of hydrogen-bond donors (Lipinski definition) is 3. The summed E-state index contributed by atoms with van der Waals surface area (Å²) in [4.78, 5) is 24.5. The van der Waals surface area contributed by atoms with E-state index in [2.05, 4.69) is 47.1 Å². The Labute approximate surface area is 211 Å². The zero-order valence-corrected chi connectivity index (χ0v) is 21.1. The van der Waals surface area contributed by atoms with E-state index in [0.29, 0.717) is 6.54 Å². The highest BCUT2D eigenvalue weighted by Gasteiger charge is 2.14. The summed E-state index contributed by atoms with van der Waals surface area (Å²) in [6, 6.07) is 26.0. The molecule has 3 aromatic rings. The average molecular weight is 492 g/mol. The molecule has 3 N–H and O–H groups in total. The lowest BCUT2D eigenvalue weighted by Crippen LogP contribution is -2.41. The maximum atomic E-state index is 12.4. The predicted octanol–water partition coefficient (Wildman–Crippen LogP) is 4.00. The minimum absolute atomic E-state index is 0.0194. The second-order valence-corrected chi connectivity index (χ2v) is 9.28. The number of carbonyl (C=O) groups excluding carboxylic acids is 2. The van der Waals surface area contributed by atoms with Gasteiger partial charge in [-0.25, -0.2) is 0 Å². The highest BCUT2D eigenvalue weighted by atomic mass is 32.2. The SMILES string of the molecule is COc1ccc(C(CSCc2ccc(C)cc2)NCC(=O)NCC(=O)NCc2ccccc2)cc1. The van der Waals surface area contributed by atoms with Crippen LogP contribution in [0.5, 0.6) is 5.75 Å². The highest BCUT2D eigenvalue weighted by molar-refractivity contribution is 7.98. The third-order valence-corrected chi connectivity index (χ3v) is 6.59. The first-order valence-electron chi connectivity index (χ1n) is 11.6. The molecule has 3 rings (SSSR count). The molecule has 0 aliphatic rings. The Hall–Kier alpha value is -3.29. The number of nitrogens with one attached hydrogen (secondary N) is 3. The summed E-state index contributed by atoms with van der Waals surface area (Å²) in [6.07, 6.45) is 0. The molecule has 3 aromatic carbocycles. The summed E-state index contributed by atoms with van der Waals surface area (Å²) in [5.74, 6) is 2.04. The van der Waals surface area contributed by atoms with Crippen molar-refractivity contribution >= 4 is 23.6 Å². The molecule has 1 unspecified atom stereocenters. The van der Waals surface area contributed by atoms with Gasteiger partial charge in [0.25, 0.3) is 0 Å². The lowest BCUT2D eigenvalue weighted by molar-refractivity contribution is -0.125. The lowest BCUT2D eigenvalue weighted by Gasteiger charge is -2.19. The van der Waals surface area contributed by atoms with Crippen LogP contribution in [0.2, 0.25) is 0 Å². The Morgan fingerprint density at radius 3 is 2.20 bits per heavy atom. The van der Waals surface area contributed by atoms with E-state index in [1.54, 1.807) is 7.11 Å². The van der Waals surface area contributed by atoms with Gasteiger partial charge in [0.15, 0.2) is 0 Å². The molecule has 0 aromatic heterocycles. The van der Waals surface area contributed by atoms with E-state index in [4.69, 9.17) is 4.74 Å². The quantitative estimate of drug-likeness (QED) is 0.337. The van der Waals surface area contributed by atoms with Gasteiger partial charge in [-0.2, -0.15) is 11.8 Å². The standard InChI is InChI=1S/C28H33N3O3S/c1-21-8-10-23(11-9-21)19-35-20-26(24-12-14-25(34-2)15-13-24)29-17-27(32)31-18-28(33)30-16-22-6-4-3-5-7-22/h3-15,26,29H,16-20H2,1-2H3,(H,30,33)(H,31,32). The second kappa shape index (κ2) is 14.2. The van der Waals surface area contributed by atoms with Gasteiger partial charge < -0.3 is 20.7 Å². The summed E-state index contributed by atoms with van der Waals surface area (Å²) in [5, 5.41) is 8.85. The van der Waals surface area contributed by atoms with E-state index in [0.717, 1.165) is 28.4 Å². The number of rotatable bonds is 13. The summed E-state index contributed by atoms with van der Waals surface area (Å²) < 4.78 is 5.27. The van der Waals surface area contributed by atoms with Gasteiger partial charge in [0.1, 0.15) is 5.75 Å². The van der Waals surface area contributed by atoms with Crippen molar-refractivity contribution in [2.75, 3.05) is 26.0 Å². The number of carbonyl (C=O) groups is 2. The maximum Gasteiger partial charge on any atom is 0.239 e. The largest absolute Gasteiger partial charge is 0.497 e. The van der Waals surface area contributed by atoms with Crippen LogP contribution < -0.4 is 20.7 Å². The zero-order valence-electron chi connectivity index (χ0n) is 20.3. The van der Waals surface area contributed by atoms with Gasteiger partial charge in [0.2, 0.25) is 11.8 Å². The number of benzene rings is 3. The van der Waals surface area contributed by atoms with Crippen LogP contribution in [-0.2, 0) is 21.9 Å². The molecule has 35 heavy (non-hydrogen) atoms. The summed E-state index contributed by atoms with van der Waals surface area (Å²) in [7, 11) is 1.64. The average Bonchev–Trinajstić information content (AvgIpc) is 2.90. The smallest absolute Gasteiger partial charge is 0.239 e. The van der Waals surface area contributed by atoms with Crippen molar-refractivity contribution in [2.45, 2.75) is 25.3 Å². The first-order valence-corrected chi connectivity index (χ1v) is 12.8. The fourth-order valence-corrected chi connectivity index (χ4v) is 4.50. The molecule has 7 heteroatoms. The van der Waals surface area contributed by atoms with Gasteiger partial charge in [-0.15, -0.1) is 0 Å². The summed E-state index contributed by atoms with van der Waals surface area (Å²) in [6.45, 7) is 2.58. The molecule has 0 bridgehead atoms. The van der Waals surface area contributed by atoms with E-state index in [9.17, 15) is 9.59 Å². The molecule has 0 spiro atoms. The molecule has 0 radical (unpaired) electrons. The van der Waals surface area contributed by atoms with Gasteiger partial charge in [0, 0.05) is 24.1 Å². The Morgan fingerprint density at radius 1 is 0.829 bits per heavy atom. The van der Waals surface area contributed by atoms with E-state index in [-0.39, 0.29) is 30.9 Å². The Balaban J connectivity index is 1.47. The zero-order chi connectivity index (χ0) is 24.9. The molecule has 0 aliphatic carbocycles. The van der Waals surface area contributed by atoms with Gasteiger partial charge in [-0.3, -0.25) is 9.59 Å². The van der Waals surface area contributed by atoms with Crippen molar-refractivity contribution in [3.63, 3.8) is 0 Å². The van der Waals surface area contributed by atoms with Crippen molar-refractivity contribution in [1.82, 2.24) is 16.0 Å². The molecule has 6 nitrogen and oxygen atoms in total. The first-order chi connectivity index (χ1) is 17.0. The molecule has 0 fully saturated rings. The molecule has 0 saturated heterocycles. The third kappa shape index (κ3) is 9.47. The monoisotopic (exact) mass is 491 g/mol. The number of methoxy groups -OCH3 is 1. The van der Waals surface area contributed by atoms with Crippen LogP contribution >= 0.6 is 11.8 Å².